The van der Waals surface area contributed by atoms with Gasteiger partial charge in [0.2, 0.25) is 5.95 Å². The quantitative estimate of drug-likeness (QED) is 0.585. The van der Waals surface area contributed by atoms with Crippen LogP contribution >= 0.6 is 11.3 Å². The largest absolute Gasteiger partial charge is 0.485 e. The van der Waals surface area contributed by atoms with Crippen LogP contribution in [0.1, 0.15) is 27.8 Å². The number of rotatable bonds is 7. The highest BCUT2D eigenvalue weighted by Crippen LogP contribution is 2.32. The second-order valence-corrected chi connectivity index (χ2v) is 8.33. The summed E-state index contributed by atoms with van der Waals surface area (Å²) >= 11 is 1.68. The van der Waals surface area contributed by atoms with Crippen LogP contribution in [0.4, 0.5) is 17.5 Å². The number of nitrogens with one attached hydrogen (secondary N) is 1. The average molecular weight is 439 g/mol. The van der Waals surface area contributed by atoms with E-state index in [4.69, 9.17) is 10.5 Å². The number of fused-ring (bicyclic) bond motifs is 1. The molecule has 1 aliphatic heterocycles. The fraction of sp³-hybridized carbons (Fsp3) is 0.318. The van der Waals surface area contributed by atoms with Gasteiger partial charge >= 0.3 is 0 Å². The van der Waals surface area contributed by atoms with Crippen LogP contribution in [0.25, 0.3) is 0 Å². The molecule has 2 aromatic heterocycles. The Hall–Kier alpha value is -3.17. The predicted octanol–water partition coefficient (Wildman–Crippen LogP) is 2.95. The Kier molecular flexibility index (Phi) is 6.34. The summed E-state index contributed by atoms with van der Waals surface area (Å²) in [6, 6.07) is 11.8. The zero-order chi connectivity index (χ0) is 21.8. The molecule has 0 saturated heterocycles. The summed E-state index contributed by atoms with van der Waals surface area (Å²) in [6.45, 7) is 1.99. The van der Waals surface area contributed by atoms with Crippen LogP contribution < -0.4 is 25.6 Å². The van der Waals surface area contributed by atoms with E-state index in [9.17, 15) is 4.79 Å². The molecule has 31 heavy (non-hydrogen) atoms. The first kappa shape index (κ1) is 21.1. The van der Waals surface area contributed by atoms with Crippen molar-refractivity contribution < 1.29 is 9.53 Å². The second-order valence-electron chi connectivity index (χ2n) is 7.36. The molecule has 3 aromatic rings. The van der Waals surface area contributed by atoms with Crippen molar-refractivity contribution in [2.75, 3.05) is 49.3 Å². The molecule has 9 heteroatoms. The molecule has 0 spiro atoms. The summed E-state index contributed by atoms with van der Waals surface area (Å²) < 4.78 is 6.35. The van der Waals surface area contributed by atoms with E-state index < -0.39 is 0 Å². The van der Waals surface area contributed by atoms with E-state index in [0.717, 1.165) is 24.4 Å². The maximum Gasteiger partial charge on any atom is 0.263 e. The van der Waals surface area contributed by atoms with Crippen LogP contribution in [0.15, 0.2) is 48.0 Å². The van der Waals surface area contributed by atoms with Crippen molar-refractivity contribution in [2.24, 2.45) is 0 Å². The van der Waals surface area contributed by atoms with Gasteiger partial charge < -0.3 is 25.6 Å². The molecule has 1 unspecified atom stereocenters. The van der Waals surface area contributed by atoms with E-state index in [-0.39, 0.29) is 18.0 Å². The van der Waals surface area contributed by atoms with Crippen molar-refractivity contribution in [3.05, 3.63) is 58.4 Å². The number of hydrogen-bond acceptors (Lipinski definition) is 8. The number of thiophene rings is 1. The van der Waals surface area contributed by atoms with Gasteiger partial charge in [-0.2, -0.15) is 4.98 Å². The van der Waals surface area contributed by atoms with E-state index in [1.165, 1.54) is 11.1 Å². The van der Waals surface area contributed by atoms with Gasteiger partial charge in [-0.1, -0.05) is 12.1 Å². The Morgan fingerprint density at radius 1 is 1.29 bits per heavy atom. The lowest BCUT2D eigenvalue weighted by molar-refractivity contribution is 0.0989. The average Bonchev–Trinajstić information content (AvgIpc) is 3.28. The van der Waals surface area contributed by atoms with Crippen LogP contribution in [-0.2, 0) is 0 Å². The van der Waals surface area contributed by atoms with Gasteiger partial charge in [0.1, 0.15) is 23.2 Å². The molecule has 8 nitrogen and oxygen atoms in total. The maximum atomic E-state index is 13.3. The number of hydrogen-bond donors (Lipinski definition) is 2. The number of nitrogens with zero attached hydrogens (tertiary/aromatic N) is 4. The Morgan fingerprint density at radius 3 is 2.94 bits per heavy atom. The summed E-state index contributed by atoms with van der Waals surface area (Å²) in [6.07, 6.45) is 2.30. The normalized spacial score (nSPS) is 14.8. The van der Waals surface area contributed by atoms with Crippen molar-refractivity contribution in [3.63, 3.8) is 0 Å². The SMILES string of the molecule is CNCCC(Oc1cccc(N2CCN(C)c3nc(N)ncc3C2=O)c1)c1cccs1. The van der Waals surface area contributed by atoms with Gasteiger partial charge in [-0.05, 0) is 37.2 Å². The summed E-state index contributed by atoms with van der Waals surface area (Å²) in [7, 11) is 3.83. The van der Waals surface area contributed by atoms with Crippen molar-refractivity contribution in [3.8, 4) is 5.75 Å². The summed E-state index contributed by atoms with van der Waals surface area (Å²) in [4.78, 5) is 26.4. The Bertz CT molecular complexity index is 1040. The lowest BCUT2D eigenvalue weighted by atomic mass is 10.2. The summed E-state index contributed by atoms with van der Waals surface area (Å²) in [5.74, 6) is 1.29. The fourth-order valence-corrected chi connectivity index (χ4v) is 4.36. The second kappa shape index (κ2) is 9.32. The molecular weight excluding hydrogens is 412 g/mol. The lowest BCUT2D eigenvalue weighted by Gasteiger charge is -2.23. The third-order valence-corrected chi connectivity index (χ3v) is 6.17. The molecular formula is C22H26N6O2S. The third-order valence-electron chi connectivity index (χ3n) is 5.21. The standard InChI is InChI=1S/C22H26N6O2S/c1-24-9-8-18(19-7-4-12-31-19)30-16-6-3-5-15(13-16)28-11-10-27(2)20-17(21(28)29)14-25-22(23)26-20/h3-7,12-14,18,24H,8-11H2,1-2H3,(H2,23,25,26). The monoisotopic (exact) mass is 438 g/mol. The van der Waals surface area contributed by atoms with Gasteiger partial charge in [0, 0.05) is 49.4 Å². The molecule has 0 bridgehead atoms. The number of benzene rings is 1. The van der Waals surface area contributed by atoms with Crippen LogP contribution in [0.3, 0.4) is 0 Å². The molecule has 1 amide bonds. The van der Waals surface area contributed by atoms with Crippen LogP contribution in [0.5, 0.6) is 5.75 Å². The van der Waals surface area contributed by atoms with Crippen molar-refractivity contribution in [1.29, 1.82) is 0 Å². The number of anilines is 3. The molecule has 3 heterocycles. The van der Waals surface area contributed by atoms with Crippen LogP contribution in [-0.4, -0.2) is 49.6 Å². The van der Waals surface area contributed by atoms with E-state index in [1.807, 2.05) is 49.3 Å². The first-order valence-electron chi connectivity index (χ1n) is 10.2. The van der Waals surface area contributed by atoms with Crippen LogP contribution in [0, 0.1) is 0 Å². The van der Waals surface area contributed by atoms with Crippen LogP contribution in [0.2, 0.25) is 0 Å². The molecule has 0 fully saturated rings. The van der Waals surface area contributed by atoms with Gasteiger partial charge in [0.25, 0.3) is 5.91 Å². The number of likely N-dealkylation sites (N-methyl/N-ethyl adjacent to an activating group) is 1. The lowest BCUT2D eigenvalue weighted by Crippen LogP contribution is -2.33. The van der Waals surface area contributed by atoms with Gasteiger partial charge in [-0.25, -0.2) is 4.98 Å². The molecule has 3 N–H and O–H groups in total. The third kappa shape index (κ3) is 4.62. The number of nitrogen functional groups attached to an aromatic ring is 1. The number of carbonyl (C=O) groups excluding carboxylic acids is 1. The van der Waals surface area contributed by atoms with E-state index in [1.54, 1.807) is 16.2 Å². The zero-order valence-electron chi connectivity index (χ0n) is 17.6. The number of amides is 1. The van der Waals surface area contributed by atoms with Crippen molar-refractivity contribution in [2.45, 2.75) is 12.5 Å². The highest BCUT2D eigenvalue weighted by Gasteiger charge is 2.28. The molecule has 4 rings (SSSR count). The molecule has 1 atom stereocenters. The predicted molar refractivity (Wildman–Crippen MR) is 124 cm³/mol. The highest BCUT2D eigenvalue weighted by atomic mass is 32.1. The number of carbonyl (C=O) groups is 1. The topological polar surface area (TPSA) is 96.6 Å². The highest BCUT2D eigenvalue weighted by molar-refractivity contribution is 7.10. The fourth-order valence-electron chi connectivity index (χ4n) is 3.58. The number of nitrogens with two attached hydrogens (primary N) is 1. The number of ether oxygens (including phenoxy) is 1. The Labute approximate surface area is 185 Å². The van der Waals surface area contributed by atoms with E-state index >= 15 is 0 Å². The molecule has 1 aliphatic rings. The molecule has 162 valence electrons. The smallest absolute Gasteiger partial charge is 0.263 e. The molecule has 1 aromatic carbocycles. The molecule has 0 aliphatic carbocycles. The number of aromatic nitrogens is 2. The Morgan fingerprint density at radius 2 is 2.16 bits per heavy atom. The summed E-state index contributed by atoms with van der Waals surface area (Å²) in [5, 5.41) is 5.24. The first-order chi connectivity index (χ1) is 15.1. The summed E-state index contributed by atoms with van der Waals surface area (Å²) in [5.41, 5.74) is 6.95. The first-order valence-corrected chi connectivity index (χ1v) is 11.0. The van der Waals surface area contributed by atoms with Gasteiger partial charge in [-0.15, -0.1) is 11.3 Å². The van der Waals surface area contributed by atoms with Crippen molar-refractivity contribution in [1.82, 2.24) is 15.3 Å². The Balaban J connectivity index is 1.60. The van der Waals surface area contributed by atoms with Crippen molar-refractivity contribution >= 4 is 34.7 Å². The minimum atomic E-state index is -0.151. The molecule has 0 saturated carbocycles. The molecule has 0 radical (unpaired) electrons. The minimum Gasteiger partial charge on any atom is -0.485 e. The van der Waals surface area contributed by atoms with Gasteiger partial charge in [-0.3, -0.25) is 4.79 Å². The van der Waals surface area contributed by atoms with Gasteiger partial charge in [0.15, 0.2) is 0 Å². The van der Waals surface area contributed by atoms with E-state index in [2.05, 4.69) is 26.7 Å². The minimum absolute atomic E-state index is 0.0502. The van der Waals surface area contributed by atoms with Gasteiger partial charge in [0.05, 0.1) is 0 Å². The maximum absolute atomic E-state index is 13.3. The zero-order valence-corrected chi connectivity index (χ0v) is 18.4. The van der Waals surface area contributed by atoms with E-state index in [0.29, 0.717) is 24.5 Å².